The first-order chi connectivity index (χ1) is 10.2. The van der Waals surface area contributed by atoms with Crippen LogP contribution in [0.25, 0.3) is 0 Å². The van der Waals surface area contributed by atoms with Crippen LogP contribution in [0.15, 0.2) is 24.3 Å². The van der Waals surface area contributed by atoms with Crippen molar-refractivity contribution in [2.75, 3.05) is 13.1 Å². The molecule has 1 unspecified atom stereocenters. The smallest absolute Gasteiger partial charge is 0.0955 e. The number of nitrogens with one attached hydrogen (secondary N) is 1. The van der Waals surface area contributed by atoms with E-state index in [0.717, 1.165) is 19.0 Å². The maximum atomic E-state index is 6.49. The van der Waals surface area contributed by atoms with Crippen molar-refractivity contribution in [2.45, 2.75) is 65.1 Å². The van der Waals surface area contributed by atoms with E-state index in [2.05, 4.69) is 50.4 Å². The van der Waals surface area contributed by atoms with Gasteiger partial charge in [0.25, 0.3) is 0 Å². The van der Waals surface area contributed by atoms with Crippen LogP contribution in [0.5, 0.6) is 0 Å². The SMILES string of the molecule is CCCNCC(OC1CCC(C)CC1)c1ccccc1C. The van der Waals surface area contributed by atoms with Crippen molar-refractivity contribution in [1.29, 1.82) is 0 Å². The summed E-state index contributed by atoms with van der Waals surface area (Å²) in [5.74, 6) is 0.875. The van der Waals surface area contributed by atoms with Gasteiger partial charge in [0, 0.05) is 6.54 Å². The second kappa shape index (κ2) is 8.55. The Morgan fingerprint density at radius 2 is 1.90 bits per heavy atom. The molecule has 0 spiro atoms. The molecule has 0 amide bonds. The van der Waals surface area contributed by atoms with Crippen LogP contribution in [0.4, 0.5) is 0 Å². The average Bonchev–Trinajstić information content (AvgIpc) is 2.49. The number of hydrogen-bond donors (Lipinski definition) is 1. The third kappa shape index (κ3) is 5.12. The summed E-state index contributed by atoms with van der Waals surface area (Å²) in [6.07, 6.45) is 6.86. The van der Waals surface area contributed by atoms with Gasteiger partial charge in [-0.15, -0.1) is 0 Å². The minimum absolute atomic E-state index is 0.191. The van der Waals surface area contributed by atoms with Gasteiger partial charge in [0.2, 0.25) is 0 Å². The summed E-state index contributed by atoms with van der Waals surface area (Å²) in [4.78, 5) is 0. The molecule has 1 aromatic rings. The van der Waals surface area contributed by atoms with Gasteiger partial charge in [0.1, 0.15) is 0 Å². The van der Waals surface area contributed by atoms with Crippen molar-refractivity contribution in [1.82, 2.24) is 5.32 Å². The first-order valence-corrected chi connectivity index (χ1v) is 8.62. The molecule has 2 nitrogen and oxygen atoms in total. The van der Waals surface area contributed by atoms with Crippen LogP contribution in [-0.4, -0.2) is 19.2 Å². The van der Waals surface area contributed by atoms with E-state index in [1.165, 1.54) is 43.2 Å². The minimum atomic E-state index is 0.191. The Bertz CT molecular complexity index is 410. The van der Waals surface area contributed by atoms with Crippen LogP contribution < -0.4 is 5.32 Å². The second-order valence-electron chi connectivity index (χ2n) is 6.57. The highest BCUT2D eigenvalue weighted by molar-refractivity contribution is 5.28. The van der Waals surface area contributed by atoms with Crippen LogP contribution in [0.3, 0.4) is 0 Å². The monoisotopic (exact) mass is 289 g/mol. The zero-order valence-corrected chi connectivity index (χ0v) is 13.9. The van der Waals surface area contributed by atoms with Gasteiger partial charge in [0.05, 0.1) is 12.2 Å². The lowest BCUT2D eigenvalue weighted by Gasteiger charge is -2.31. The zero-order valence-electron chi connectivity index (χ0n) is 13.9. The fourth-order valence-electron chi connectivity index (χ4n) is 3.19. The lowest BCUT2D eigenvalue weighted by molar-refractivity contribution is -0.0364. The molecule has 1 aromatic carbocycles. The second-order valence-corrected chi connectivity index (χ2v) is 6.57. The summed E-state index contributed by atoms with van der Waals surface area (Å²) in [5.41, 5.74) is 2.68. The summed E-state index contributed by atoms with van der Waals surface area (Å²) in [6, 6.07) is 8.65. The van der Waals surface area contributed by atoms with Crippen LogP contribution in [0.2, 0.25) is 0 Å². The van der Waals surface area contributed by atoms with Crippen LogP contribution >= 0.6 is 0 Å². The molecule has 1 saturated carbocycles. The first-order valence-electron chi connectivity index (χ1n) is 8.62. The summed E-state index contributed by atoms with van der Waals surface area (Å²) >= 11 is 0. The van der Waals surface area contributed by atoms with E-state index in [1.807, 2.05) is 0 Å². The van der Waals surface area contributed by atoms with Gasteiger partial charge < -0.3 is 10.1 Å². The number of ether oxygens (including phenoxy) is 1. The molecule has 0 heterocycles. The first kappa shape index (κ1) is 16.5. The maximum Gasteiger partial charge on any atom is 0.0955 e. The van der Waals surface area contributed by atoms with Gasteiger partial charge in [-0.25, -0.2) is 0 Å². The topological polar surface area (TPSA) is 21.3 Å². The maximum absolute atomic E-state index is 6.49. The predicted octanol–water partition coefficient (Wildman–Crippen LogP) is 4.63. The normalized spacial score (nSPS) is 24.0. The third-order valence-corrected chi connectivity index (χ3v) is 4.61. The molecular formula is C19H31NO. The molecule has 0 bridgehead atoms. The summed E-state index contributed by atoms with van der Waals surface area (Å²) in [7, 11) is 0. The molecule has 118 valence electrons. The number of hydrogen-bond acceptors (Lipinski definition) is 2. The Morgan fingerprint density at radius 3 is 2.57 bits per heavy atom. The summed E-state index contributed by atoms with van der Waals surface area (Å²) in [6.45, 7) is 8.74. The van der Waals surface area contributed by atoms with Gasteiger partial charge >= 0.3 is 0 Å². The fourth-order valence-corrected chi connectivity index (χ4v) is 3.19. The lowest BCUT2D eigenvalue weighted by atomic mass is 9.88. The van der Waals surface area contributed by atoms with Crippen molar-refractivity contribution in [3.05, 3.63) is 35.4 Å². The highest BCUT2D eigenvalue weighted by Crippen LogP contribution is 2.30. The Hall–Kier alpha value is -0.860. The number of benzene rings is 1. The summed E-state index contributed by atoms with van der Waals surface area (Å²) < 4.78 is 6.49. The molecule has 2 rings (SSSR count). The van der Waals surface area contributed by atoms with E-state index in [4.69, 9.17) is 4.74 Å². The standard InChI is InChI=1S/C19H31NO/c1-4-13-20-14-19(18-8-6-5-7-16(18)3)21-17-11-9-15(2)10-12-17/h5-8,15,17,19-20H,4,9-14H2,1-3H3. The van der Waals surface area contributed by atoms with Crippen LogP contribution in [0.1, 0.15) is 63.2 Å². The quantitative estimate of drug-likeness (QED) is 0.739. The largest absolute Gasteiger partial charge is 0.369 e. The molecule has 21 heavy (non-hydrogen) atoms. The molecule has 0 aliphatic heterocycles. The van der Waals surface area contributed by atoms with E-state index in [0.29, 0.717) is 6.10 Å². The van der Waals surface area contributed by atoms with Crippen molar-refractivity contribution < 1.29 is 4.74 Å². The van der Waals surface area contributed by atoms with E-state index >= 15 is 0 Å². The Balaban J connectivity index is 2.00. The van der Waals surface area contributed by atoms with Crippen LogP contribution in [-0.2, 0) is 4.74 Å². The van der Waals surface area contributed by atoms with Crippen molar-refractivity contribution in [3.63, 3.8) is 0 Å². The van der Waals surface area contributed by atoms with Gasteiger partial charge in [-0.1, -0.05) is 38.1 Å². The average molecular weight is 289 g/mol. The zero-order chi connectivity index (χ0) is 15.1. The highest BCUT2D eigenvalue weighted by atomic mass is 16.5. The van der Waals surface area contributed by atoms with Crippen molar-refractivity contribution >= 4 is 0 Å². The van der Waals surface area contributed by atoms with Crippen molar-refractivity contribution in [3.8, 4) is 0 Å². The van der Waals surface area contributed by atoms with E-state index in [1.54, 1.807) is 0 Å². The van der Waals surface area contributed by atoms with Crippen LogP contribution in [0, 0.1) is 12.8 Å². The van der Waals surface area contributed by atoms with E-state index in [9.17, 15) is 0 Å². The molecule has 1 fully saturated rings. The number of rotatable bonds is 7. The Labute approximate surface area is 130 Å². The van der Waals surface area contributed by atoms with E-state index < -0.39 is 0 Å². The lowest BCUT2D eigenvalue weighted by Crippen LogP contribution is -2.29. The molecule has 1 aliphatic rings. The predicted molar refractivity (Wildman–Crippen MR) is 89.6 cm³/mol. The molecule has 2 heteroatoms. The minimum Gasteiger partial charge on any atom is -0.369 e. The van der Waals surface area contributed by atoms with Gasteiger partial charge in [0.15, 0.2) is 0 Å². The molecule has 0 saturated heterocycles. The van der Waals surface area contributed by atoms with E-state index in [-0.39, 0.29) is 6.10 Å². The van der Waals surface area contributed by atoms with Gasteiger partial charge in [-0.3, -0.25) is 0 Å². The Morgan fingerprint density at radius 1 is 1.19 bits per heavy atom. The molecule has 0 radical (unpaired) electrons. The van der Waals surface area contributed by atoms with Gasteiger partial charge in [-0.05, 0) is 62.6 Å². The molecule has 0 aromatic heterocycles. The number of aryl methyl sites for hydroxylation is 1. The highest BCUT2D eigenvalue weighted by Gasteiger charge is 2.23. The molecule has 1 N–H and O–H groups in total. The molecule has 1 atom stereocenters. The van der Waals surface area contributed by atoms with Gasteiger partial charge in [-0.2, -0.15) is 0 Å². The molecular weight excluding hydrogens is 258 g/mol. The Kier molecular flexibility index (Phi) is 6.72. The third-order valence-electron chi connectivity index (χ3n) is 4.61. The molecule has 1 aliphatic carbocycles. The van der Waals surface area contributed by atoms with Crippen molar-refractivity contribution in [2.24, 2.45) is 5.92 Å². The fraction of sp³-hybridized carbons (Fsp3) is 0.684. The summed E-state index contributed by atoms with van der Waals surface area (Å²) in [5, 5.41) is 3.53.